The van der Waals surface area contributed by atoms with Crippen molar-refractivity contribution < 1.29 is 4.74 Å². The van der Waals surface area contributed by atoms with E-state index in [1.807, 2.05) is 0 Å². The molecule has 0 saturated carbocycles. The number of fused-ring (bicyclic) bond motifs is 1. The van der Waals surface area contributed by atoms with E-state index in [1.54, 1.807) is 0 Å². The molecule has 0 bridgehead atoms. The van der Waals surface area contributed by atoms with Crippen molar-refractivity contribution in [2.24, 2.45) is 5.92 Å². The summed E-state index contributed by atoms with van der Waals surface area (Å²) in [6.45, 7) is 7.41. The van der Waals surface area contributed by atoms with Crippen molar-refractivity contribution in [2.45, 2.75) is 32.2 Å². The van der Waals surface area contributed by atoms with Gasteiger partial charge < -0.3 is 15.0 Å². The molecule has 0 spiro atoms. The second-order valence-electron chi connectivity index (χ2n) is 6.04. The number of hydrogen-bond donors (Lipinski definition) is 1. The number of aryl methyl sites for hydroxylation is 1. The van der Waals surface area contributed by atoms with Crippen molar-refractivity contribution in [3.63, 3.8) is 0 Å². The Balaban J connectivity index is 1.66. The van der Waals surface area contributed by atoms with Crippen LogP contribution in [0.5, 0.6) is 0 Å². The lowest BCUT2D eigenvalue weighted by Gasteiger charge is -2.34. The Labute approximate surface area is 122 Å². The molecule has 110 valence electrons. The quantitative estimate of drug-likeness (QED) is 0.892. The summed E-state index contributed by atoms with van der Waals surface area (Å²) in [6.07, 6.45) is 3.69. The maximum Gasteiger partial charge on any atom is 0.0624 e. The first-order valence-electron chi connectivity index (χ1n) is 8.02. The summed E-state index contributed by atoms with van der Waals surface area (Å²) in [5, 5.41) is 3.64. The third kappa shape index (κ3) is 2.99. The molecular formula is C17H26N2O. The molecule has 1 saturated heterocycles. The molecule has 2 unspecified atom stereocenters. The molecule has 2 atom stereocenters. The summed E-state index contributed by atoms with van der Waals surface area (Å²) in [5.41, 5.74) is 2.95. The standard InChI is InChI=1S/C17H26N2O/c1-2-9-18-16-13-20-12-15(16)11-19-10-5-7-14-6-3-4-8-17(14)19/h3-4,6,8,15-16,18H,2,5,7,9-13H2,1H3. The van der Waals surface area contributed by atoms with Crippen molar-refractivity contribution >= 4 is 5.69 Å². The Morgan fingerprint density at radius 2 is 2.20 bits per heavy atom. The number of ether oxygens (including phenoxy) is 1. The van der Waals surface area contributed by atoms with Crippen LogP contribution < -0.4 is 10.2 Å². The lowest BCUT2D eigenvalue weighted by Crippen LogP contribution is -2.43. The predicted molar refractivity (Wildman–Crippen MR) is 83.4 cm³/mol. The van der Waals surface area contributed by atoms with Crippen LogP contribution in [0.1, 0.15) is 25.3 Å². The van der Waals surface area contributed by atoms with E-state index < -0.39 is 0 Å². The average molecular weight is 274 g/mol. The highest BCUT2D eigenvalue weighted by Gasteiger charge is 2.30. The van der Waals surface area contributed by atoms with Gasteiger partial charge in [-0.2, -0.15) is 0 Å². The van der Waals surface area contributed by atoms with Crippen LogP contribution in [-0.4, -0.2) is 38.9 Å². The fourth-order valence-corrected chi connectivity index (χ4v) is 3.42. The van der Waals surface area contributed by atoms with Crippen LogP contribution in [0.2, 0.25) is 0 Å². The zero-order valence-electron chi connectivity index (χ0n) is 12.5. The summed E-state index contributed by atoms with van der Waals surface area (Å²) >= 11 is 0. The first-order chi connectivity index (χ1) is 9.88. The molecule has 0 aliphatic carbocycles. The second kappa shape index (κ2) is 6.59. The van der Waals surface area contributed by atoms with E-state index >= 15 is 0 Å². The van der Waals surface area contributed by atoms with Gasteiger partial charge >= 0.3 is 0 Å². The highest BCUT2D eigenvalue weighted by molar-refractivity contribution is 5.55. The summed E-state index contributed by atoms with van der Waals surface area (Å²) in [5.74, 6) is 0.618. The van der Waals surface area contributed by atoms with E-state index in [9.17, 15) is 0 Å². The van der Waals surface area contributed by atoms with E-state index in [1.165, 1.54) is 37.1 Å². The molecule has 1 fully saturated rings. The molecule has 2 heterocycles. The van der Waals surface area contributed by atoms with Gasteiger partial charge in [0.15, 0.2) is 0 Å². The average Bonchev–Trinajstić information content (AvgIpc) is 2.93. The van der Waals surface area contributed by atoms with E-state index in [0.717, 1.165) is 26.3 Å². The van der Waals surface area contributed by atoms with Gasteiger partial charge in [0.2, 0.25) is 0 Å². The Kier molecular flexibility index (Phi) is 4.58. The summed E-state index contributed by atoms with van der Waals surface area (Å²) in [6, 6.07) is 9.41. The van der Waals surface area contributed by atoms with Crippen molar-refractivity contribution in [1.82, 2.24) is 5.32 Å². The van der Waals surface area contributed by atoms with Gasteiger partial charge in [-0.15, -0.1) is 0 Å². The molecule has 1 aromatic rings. The highest BCUT2D eigenvalue weighted by atomic mass is 16.5. The highest BCUT2D eigenvalue weighted by Crippen LogP contribution is 2.28. The van der Waals surface area contributed by atoms with Crippen molar-refractivity contribution in [2.75, 3.05) is 37.7 Å². The van der Waals surface area contributed by atoms with Crippen molar-refractivity contribution in [3.8, 4) is 0 Å². The lowest BCUT2D eigenvalue weighted by molar-refractivity contribution is 0.183. The van der Waals surface area contributed by atoms with Gasteiger partial charge in [0.1, 0.15) is 0 Å². The van der Waals surface area contributed by atoms with Gasteiger partial charge in [0.05, 0.1) is 13.2 Å². The van der Waals surface area contributed by atoms with E-state index in [0.29, 0.717) is 12.0 Å². The van der Waals surface area contributed by atoms with E-state index in [-0.39, 0.29) is 0 Å². The SMILES string of the molecule is CCCNC1COCC1CN1CCCc2ccccc21. The number of hydrogen-bond acceptors (Lipinski definition) is 3. The predicted octanol–water partition coefficient (Wildman–Crippen LogP) is 2.45. The number of para-hydroxylation sites is 1. The van der Waals surface area contributed by atoms with Crippen molar-refractivity contribution in [1.29, 1.82) is 0 Å². The molecule has 0 amide bonds. The topological polar surface area (TPSA) is 24.5 Å². The van der Waals surface area contributed by atoms with Gasteiger partial charge in [0, 0.05) is 30.7 Å². The van der Waals surface area contributed by atoms with E-state index in [4.69, 9.17) is 4.74 Å². The Bertz CT molecular complexity index is 435. The molecule has 20 heavy (non-hydrogen) atoms. The number of nitrogens with zero attached hydrogens (tertiary/aromatic N) is 1. The number of anilines is 1. The summed E-state index contributed by atoms with van der Waals surface area (Å²) in [4.78, 5) is 2.57. The molecule has 3 rings (SSSR count). The maximum absolute atomic E-state index is 5.71. The van der Waals surface area contributed by atoms with Crippen molar-refractivity contribution in [3.05, 3.63) is 29.8 Å². The largest absolute Gasteiger partial charge is 0.379 e. The van der Waals surface area contributed by atoms with Gasteiger partial charge in [-0.1, -0.05) is 25.1 Å². The van der Waals surface area contributed by atoms with Gasteiger partial charge in [0.25, 0.3) is 0 Å². The monoisotopic (exact) mass is 274 g/mol. The van der Waals surface area contributed by atoms with Crippen LogP contribution in [0, 0.1) is 5.92 Å². The molecule has 1 aromatic carbocycles. The summed E-state index contributed by atoms with van der Waals surface area (Å²) in [7, 11) is 0. The Morgan fingerprint density at radius 1 is 1.30 bits per heavy atom. The van der Waals surface area contributed by atoms with Crippen LogP contribution in [-0.2, 0) is 11.2 Å². The van der Waals surface area contributed by atoms with Gasteiger partial charge in [-0.3, -0.25) is 0 Å². The number of benzene rings is 1. The first-order valence-corrected chi connectivity index (χ1v) is 8.02. The minimum atomic E-state index is 0.532. The maximum atomic E-state index is 5.71. The van der Waals surface area contributed by atoms with Crippen LogP contribution >= 0.6 is 0 Å². The van der Waals surface area contributed by atoms with E-state index in [2.05, 4.69) is 41.4 Å². The summed E-state index contributed by atoms with van der Waals surface area (Å²) < 4.78 is 5.71. The molecule has 0 aromatic heterocycles. The molecular weight excluding hydrogens is 248 g/mol. The fourth-order valence-electron chi connectivity index (χ4n) is 3.42. The van der Waals surface area contributed by atoms with Crippen LogP contribution in [0.3, 0.4) is 0 Å². The van der Waals surface area contributed by atoms with Crippen LogP contribution in [0.4, 0.5) is 5.69 Å². The molecule has 3 heteroatoms. The molecule has 1 N–H and O–H groups in total. The minimum absolute atomic E-state index is 0.532. The zero-order chi connectivity index (χ0) is 13.8. The third-order valence-corrected chi connectivity index (χ3v) is 4.52. The minimum Gasteiger partial charge on any atom is -0.379 e. The van der Waals surface area contributed by atoms with Gasteiger partial charge in [-0.05, 0) is 37.4 Å². The smallest absolute Gasteiger partial charge is 0.0624 e. The number of nitrogens with one attached hydrogen (secondary N) is 1. The van der Waals surface area contributed by atoms with Gasteiger partial charge in [-0.25, -0.2) is 0 Å². The normalized spacial score (nSPS) is 25.8. The van der Waals surface area contributed by atoms with Crippen LogP contribution in [0.25, 0.3) is 0 Å². The molecule has 2 aliphatic rings. The Hall–Kier alpha value is -1.06. The zero-order valence-corrected chi connectivity index (χ0v) is 12.5. The lowest BCUT2D eigenvalue weighted by atomic mass is 9.98. The molecule has 0 radical (unpaired) electrons. The third-order valence-electron chi connectivity index (χ3n) is 4.52. The number of rotatable bonds is 5. The van der Waals surface area contributed by atoms with Crippen LogP contribution in [0.15, 0.2) is 24.3 Å². The fraction of sp³-hybridized carbons (Fsp3) is 0.647. The first kappa shape index (κ1) is 13.9. The second-order valence-corrected chi connectivity index (χ2v) is 6.04. The Morgan fingerprint density at radius 3 is 3.10 bits per heavy atom. The molecule has 3 nitrogen and oxygen atoms in total. The molecule has 2 aliphatic heterocycles.